The first-order valence-electron chi connectivity index (χ1n) is 7.60. The minimum Gasteiger partial charge on any atom is -0.629 e. The summed E-state index contributed by atoms with van der Waals surface area (Å²) in [5.74, 6) is -1.21. The predicted octanol–water partition coefficient (Wildman–Crippen LogP) is 1.87. The first-order valence-corrected chi connectivity index (χ1v) is 9.06. The second-order valence-corrected chi connectivity index (χ2v) is 6.46. The van der Waals surface area contributed by atoms with Crippen LogP contribution in [0.2, 0.25) is 5.02 Å². The third-order valence-electron chi connectivity index (χ3n) is 3.11. The summed E-state index contributed by atoms with van der Waals surface area (Å²) >= 11 is 8.28. The molecular formula is C16H20ClIN2O5. The molecule has 1 aromatic rings. The molecule has 1 atom stereocenters. The van der Waals surface area contributed by atoms with Crippen LogP contribution in [-0.2, 0) is 9.53 Å². The quantitative estimate of drug-likeness (QED) is 0.131. The van der Waals surface area contributed by atoms with Gasteiger partial charge in [-0.15, -0.1) is 0 Å². The van der Waals surface area contributed by atoms with Crippen LogP contribution in [0.1, 0.15) is 19.4 Å². The largest absolute Gasteiger partial charge is 0.629 e. The van der Waals surface area contributed by atoms with E-state index in [1.54, 1.807) is 26.0 Å². The minimum absolute atomic E-state index is 0.0575. The number of hydroxylamine groups is 1. The molecule has 0 radical (unpaired) electrons. The average molecular weight is 483 g/mol. The molecule has 138 valence electrons. The lowest BCUT2D eigenvalue weighted by Gasteiger charge is -2.22. The molecular weight excluding hydrogens is 463 g/mol. The highest BCUT2D eigenvalue weighted by molar-refractivity contribution is 14.1. The van der Waals surface area contributed by atoms with E-state index in [9.17, 15) is 15.1 Å². The Morgan fingerprint density at radius 1 is 1.48 bits per heavy atom. The number of hydrogen-bond donors (Lipinski definition) is 3. The zero-order chi connectivity index (χ0) is 19.0. The molecule has 1 rings (SSSR count). The molecule has 25 heavy (non-hydrogen) atoms. The Kier molecular flexibility index (Phi) is 9.36. The third kappa shape index (κ3) is 5.93. The van der Waals surface area contributed by atoms with E-state index in [1.807, 2.05) is 22.6 Å². The van der Waals surface area contributed by atoms with Crippen molar-refractivity contribution in [3.63, 3.8) is 0 Å². The Balaban J connectivity index is 3.52. The molecule has 3 N–H and O–H groups in total. The van der Waals surface area contributed by atoms with Crippen LogP contribution >= 0.6 is 34.2 Å². The summed E-state index contributed by atoms with van der Waals surface area (Å²) in [7, 11) is 0. The fourth-order valence-corrected chi connectivity index (χ4v) is 2.86. The Labute approximate surface area is 164 Å². The number of aliphatic hydroxyl groups is 2. The number of hydrogen-bond acceptors (Lipinski definition) is 6. The van der Waals surface area contributed by atoms with Crippen molar-refractivity contribution in [2.45, 2.75) is 13.8 Å². The van der Waals surface area contributed by atoms with Crippen LogP contribution in [0, 0.1) is 8.78 Å². The van der Waals surface area contributed by atoms with Gasteiger partial charge in [-0.1, -0.05) is 11.6 Å². The number of aliphatic imine (C=N–C) groups is 1. The van der Waals surface area contributed by atoms with Crippen molar-refractivity contribution < 1.29 is 24.8 Å². The zero-order valence-electron chi connectivity index (χ0n) is 13.9. The monoisotopic (exact) mass is 482 g/mol. The lowest BCUT2D eigenvalue weighted by molar-refractivity contribution is -0.773. The van der Waals surface area contributed by atoms with Gasteiger partial charge < -0.3 is 25.2 Å². The number of nitrogens with zero attached hydrogens (tertiary/aromatic N) is 1. The van der Waals surface area contributed by atoms with Gasteiger partial charge in [0, 0.05) is 21.4 Å². The molecule has 0 aromatic heterocycles. The smallest absolute Gasteiger partial charge is 0.343 e. The highest BCUT2D eigenvalue weighted by Crippen LogP contribution is 2.31. The predicted molar refractivity (Wildman–Crippen MR) is 105 cm³/mol. The summed E-state index contributed by atoms with van der Waals surface area (Å²) in [6.07, 6.45) is 1.13. The molecule has 7 nitrogen and oxygen atoms in total. The molecule has 0 bridgehead atoms. The van der Waals surface area contributed by atoms with Crippen LogP contribution in [-0.4, -0.2) is 48.7 Å². The highest BCUT2D eigenvalue weighted by atomic mass is 127. The number of halogens is 2. The van der Waals surface area contributed by atoms with Gasteiger partial charge in [-0.25, -0.2) is 4.79 Å². The molecule has 1 aromatic carbocycles. The number of benzene rings is 1. The summed E-state index contributed by atoms with van der Waals surface area (Å²) in [4.78, 5) is 16.0. The van der Waals surface area contributed by atoms with E-state index >= 15 is 0 Å². The van der Waals surface area contributed by atoms with Gasteiger partial charge in [0.15, 0.2) is 5.69 Å². The molecule has 0 aliphatic heterocycles. The normalized spacial score (nSPS) is 13.7. The average Bonchev–Trinajstić information content (AvgIpc) is 2.59. The Bertz CT molecular complexity index is 679. The maximum absolute atomic E-state index is 12.1. The van der Waals surface area contributed by atoms with Crippen LogP contribution in [0.15, 0.2) is 22.7 Å². The minimum atomic E-state index is -0.778. The molecule has 0 spiro atoms. The second kappa shape index (κ2) is 10.7. The topological polar surface area (TPSA) is 107 Å². The van der Waals surface area contributed by atoms with Gasteiger partial charge in [0.05, 0.1) is 26.3 Å². The van der Waals surface area contributed by atoms with Gasteiger partial charge in [-0.3, -0.25) is 4.99 Å². The second-order valence-electron chi connectivity index (χ2n) is 4.83. The van der Waals surface area contributed by atoms with Crippen LogP contribution < -0.4 is 5.06 Å². The Morgan fingerprint density at radius 2 is 2.16 bits per heavy atom. The molecule has 0 aliphatic carbocycles. The van der Waals surface area contributed by atoms with Crippen molar-refractivity contribution in [2.75, 3.05) is 26.3 Å². The number of ether oxygens (including phenoxy) is 1. The molecule has 9 heteroatoms. The van der Waals surface area contributed by atoms with E-state index in [2.05, 4.69) is 4.99 Å². The molecule has 0 saturated carbocycles. The maximum Gasteiger partial charge on any atom is 0.343 e. The van der Waals surface area contributed by atoms with Gasteiger partial charge in [-0.2, -0.15) is 0 Å². The van der Waals surface area contributed by atoms with E-state index in [-0.39, 0.29) is 53.2 Å². The van der Waals surface area contributed by atoms with Crippen LogP contribution in [0.5, 0.6) is 0 Å². The summed E-state index contributed by atoms with van der Waals surface area (Å²) in [5.41, 5.74) is 0.214. The maximum atomic E-state index is 12.1. The van der Waals surface area contributed by atoms with Crippen molar-refractivity contribution in [3.05, 3.63) is 37.1 Å². The van der Waals surface area contributed by atoms with E-state index < -0.39 is 11.7 Å². The van der Waals surface area contributed by atoms with Gasteiger partial charge in [0.25, 0.3) is 0 Å². The lowest BCUT2D eigenvalue weighted by Crippen LogP contribution is -3.01. The van der Waals surface area contributed by atoms with Crippen LogP contribution in [0.3, 0.4) is 0 Å². The molecule has 0 amide bonds. The van der Waals surface area contributed by atoms with E-state index in [1.165, 1.54) is 0 Å². The fraction of sp³-hybridized carbons (Fsp3) is 0.375. The number of aliphatic hydroxyl groups excluding tert-OH is 2. The molecule has 0 aliphatic rings. The first-order chi connectivity index (χ1) is 11.9. The SMILES string of the molecule is CCOC(=O)C(C=NCCO)=C(O)c1cc(I)cc([NH+]([O-])CC)c1Cl. The molecule has 0 heterocycles. The number of nitrogens with one attached hydrogen (secondary N) is 1. The summed E-state index contributed by atoms with van der Waals surface area (Å²) < 4.78 is 5.60. The molecule has 1 unspecified atom stereocenters. The lowest BCUT2D eigenvalue weighted by atomic mass is 10.1. The highest BCUT2D eigenvalue weighted by Gasteiger charge is 2.22. The van der Waals surface area contributed by atoms with Gasteiger partial charge in [0.2, 0.25) is 0 Å². The van der Waals surface area contributed by atoms with Crippen molar-refractivity contribution in [1.82, 2.24) is 0 Å². The van der Waals surface area contributed by atoms with E-state index in [4.69, 9.17) is 21.4 Å². The number of carbonyl (C=O) groups excluding carboxylic acids is 1. The van der Waals surface area contributed by atoms with Crippen molar-refractivity contribution >= 4 is 57.8 Å². The molecule has 0 fully saturated rings. The zero-order valence-corrected chi connectivity index (χ0v) is 16.8. The summed E-state index contributed by atoms with van der Waals surface area (Å²) in [5, 5.41) is 31.3. The van der Waals surface area contributed by atoms with Crippen molar-refractivity contribution in [2.24, 2.45) is 4.99 Å². The fourth-order valence-electron chi connectivity index (χ4n) is 1.93. The van der Waals surface area contributed by atoms with Crippen molar-refractivity contribution in [3.8, 4) is 0 Å². The number of rotatable bonds is 8. The standard InChI is InChI=1S/C16H20ClIN2O5/c1-3-20(24)13-8-10(18)7-11(14(13)17)15(22)12(9-19-5-6-21)16(23)25-4-2/h7-9,20-22H,3-6H2,1-2H3. The Morgan fingerprint density at radius 3 is 2.72 bits per heavy atom. The van der Waals surface area contributed by atoms with Crippen LogP contribution in [0.25, 0.3) is 5.76 Å². The van der Waals surface area contributed by atoms with E-state index in [0.717, 1.165) is 6.21 Å². The summed E-state index contributed by atoms with van der Waals surface area (Å²) in [6.45, 7) is 3.57. The van der Waals surface area contributed by atoms with Crippen molar-refractivity contribution in [1.29, 1.82) is 0 Å². The van der Waals surface area contributed by atoms with E-state index in [0.29, 0.717) is 3.57 Å². The third-order valence-corrected chi connectivity index (χ3v) is 4.14. The number of carbonyl (C=O) groups is 1. The van der Waals surface area contributed by atoms with Gasteiger partial charge >= 0.3 is 5.97 Å². The first kappa shape index (κ1) is 21.8. The van der Waals surface area contributed by atoms with Gasteiger partial charge in [0.1, 0.15) is 16.4 Å². The number of esters is 1. The molecule has 0 saturated heterocycles. The number of quaternary nitrogens is 1. The summed E-state index contributed by atoms with van der Waals surface area (Å²) in [6, 6.07) is 3.18. The van der Waals surface area contributed by atoms with Gasteiger partial charge in [-0.05, 0) is 42.5 Å². The Hall–Kier alpha value is -1.20. The van der Waals surface area contributed by atoms with Crippen LogP contribution in [0.4, 0.5) is 5.69 Å².